The van der Waals surface area contributed by atoms with Crippen molar-refractivity contribution >= 4 is 122 Å². The second-order valence-corrected chi connectivity index (χ2v) is 11.8. The van der Waals surface area contributed by atoms with Gasteiger partial charge in [-0.05, 0) is 106 Å². The van der Waals surface area contributed by atoms with E-state index in [1.807, 2.05) is 0 Å². The van der Waals surface area contributed by atoms with E-state index in [1.165, 1.54) is 42.5 Å². The lowest BCUT2D eigenvalue weighted by molar-refractivity contribution is 0.00527. The number of hydrogen-bond acceptors (Lipinski definition) is 4. The van der Waals surface area contributed by atoms with Gasteiger partial charge in [0.2, 0.25) is 0 Å². The van der Waals surface area contributed by atoms with Crippen LogP contribution in [0.4, 0.5) is 0 Å². The van der Waals surface area contributed by atoms with Gasteiger partial charge < -0.3 is 0 Å². The van der Waals surface area contributed by atoms with Crippen molar-refractivity contribution in [2.24, 2.45) is 0 Å². The van der Waals surface area contributed by atoms with Crippen molar-refractivity contribution in [3.05, 3.63) is 97.7 Å². The maximum atomic E-state index is 13.6. The molecule has 0 radical (unpaired) electrons. The molecule has 1 aliphatic rings. The van der Waals surface area contributed by atoms with Gasteiger partial charge in [-0.2, -0.15) is 5.01 Å². The van der Waals surface area contributed by atoms with Gasteiger partial charge in [-0.1, -0.05) is 34.8 Å². The molecule has 6 nitrogen and oxygen atoms in total. The minimum atomic E-state index is -0.798. The van der Waals surface area contributed by atoms with Crippen molar-refractivity contribution in [2.75, 3.05) is 6.54 Å². The van der Waals surface area contributed by atoms with Gasteiger partial charge in [0.25, 0.3) is 17.7 Å². The quantitative estimate of drug-likeness (QED) is 0.113. The lowest BCUT2D eigenvalue weighted by atomic mass is 10.1. The van der Waals surface area contributed by atoms with E-state index in [4.69, 9.17) is 34.8 Å². The van der Waals surface area contributed by atoms with Crippen LogP contribution in [0.15, 0.2) is 60.4 Å². The van der Waals surface area contributed by atoms with E-state index in [2.05, 4.69) is 63.7 Å². The number of amides is 3. The van der Waals surface area contributed by atoms with Crippen molar-refractivity contribution in [3.63, 3.8) is 0 Å². The zero-order valence-electron chi connectivity index (χ0n) is 17.4. The van der Waals surface area contributed by atoms with Crippen LogP contribution in [-0.4, -0.2) is 40.1 Å². The van der Waals surface area contributed by atoms with E-state index in [1.54, 1.807) is 0 Å². The molecule has 0 spiro atoms. The molecule has 0 N–H and O–H groups in total. The van der Waals surface area contributed by atoms with Gasteiger partial charge in [-0.15, -0.1) is 0 Å². The van der Waals surface area contributed by atoms with Crippen molar-refractivity contribution < 1.29 is 19.2 Å². The summed E-state index contributed by atoms with van der Waals surface area (Å²) in [7, 11) is 0. The average molecular weight is 803 g/mol. The van der Waals surface area contributed by atoms with Crippen molar-refractivity contribution in [2.45, 2.75) is 0 Å². The third-order valence-electron chi connectivity index (χ3n) is 5.17. The maximum absolute atomic E-state index is 13.6. The molecule has 0 saturated carbocycles. The number of rotatable bonds is 5. The van der Waals surface area contributed by atoms with Crippen LogP contribution in [0.25, 0.3) is 0 Å². The normalized spacial score (nSPS) is 12.7. The highest BCUT2D eigenvalue weighted by Crippen LogP contribution is 2.45. The Balaban J connectivity index is 1.83. The van der Waals surface area contributed by atoms with Gasteiger partial charge in [-0.3, -0.25) is 19.2 Å². The van der Waals surface area contributed by atoms with Gasteiger partial charge in [0, 0.05) is 39.1 Å². The number of imide groups is 1. The van der Waals surface area contributed by atoms with Crippen LogP contribution in [0, 0.1) is 0 Å². The van der Waals surface area contributed by atoms with Crippen LogP contribution in [0.1, 0.15) is 41.4 Å². The first kappa shape index (κ1) is 27.8. The third kappa shape index (κ3) is 4.93. The molecule has 3 aromatic carbocycles. The van der Waals surface area contributed by atoms with Gasteiger partial charge >= 0.3 is 0 Å². The summed E-state index contributed by atoms with van der Waals surface area (Å²) < 4.78 is 1.57. The van der Waals surface area contributed by atoms with Crippen LogP contribution in [0.5, 0.6) is 0 Å². The Morgan fingerprint density at radius 1 is 0.750 bits per heavy atom. The molecule has 0 unspecified atom stereocenters. The largest absolute Gasteiger partial charge is 0.292 e. The van der Waals surface area contributed by atoms with E-state index < -0.39 is 30.0 Å². The van der Waals surface area contributed by atoms with E-state index in [0.717, 1.165) is 5.01 Å². The van der Waals surface area contributed by atoms with Crippen LogP contribution >= 0.6 is 98.5 Å². The predicted molar refractivity (Wildman–Crippen MR) is 151 cm³/mol. The lowest BCUT2D eigenvalue weighted by Gasteiger charge is -2.29. The summed E-state index contributed by atoms with van der Waals surface area (Å²) in [6.45, 7) is -0.661. The fourth-order valence-corrected chi connectivity index (χ4v) is 6.57. The second-order valence-electron chi connectivity index (χ2n) is 7.35. The molecule has 13 heteroatoms. The molecule has 3 aromatic rings. The number of hydrazine groups is 1. The van der Waals surface area contributed by atoms with Gasteiger partial charge in [0.15, 0.2) is 5.78 Å². The highest BCUT2D eigenvalue weighted by atomic mass is 79.9. The fraction of sp³-hybridized carbons (Fsp3) is 0.0435. The van der Waals surface area contributed by atoms with Gasteiger partial charge in [0.05, 0.1) is 16.1 Å². The molecule has 1 heterocycles. The standard InChI is InChI=1S/C23H9Br4Cl3N2O4/c24-17-15-16(18(25)20(27)19(17)26)23(36)32(22(15)35)31(21(34)9-1-3-10(28)4-2-9)8-14(33)12-6-5-11(29)7-13(12)30/h1-7H,8H2. The van der Waals surface area contributed by atoms with Crippen LogP contribution in [0.3, 0.4) is 0 Å². The smallest absolute Gasteiger partial charge is 0.282 e. The monoisotopic (exact) mass is 798 g/mol. The zero-order chi connectivity index (χ0) is 26.5. The van der Waals surface area contributed by atoms with Gasteiger partial charge in [-0.25, -0.2) is 5.01 Å². The topological polar surface area (TPSA) is 74.8 Å². The first-order valence-electron chi connectivity index (χ1n) is 9.74. The van der Waals surface area contributed by atoms with Crippen LogP contribution in [-0.2, 0) is 0 Å². The maximum Gasteiger partial charge on any atom is 0.282 e. The molecule has 0 aromatic heterocycles. The minimum absolute atomic E-state index is 0.0211. The van der Waals surface area contributed by atoms with Crippen LogP contribution in [0.2, 0.25) is 15.1 Å². The first-order chi connectivity index (χ1) is 16.9. The summed E-state index contributed by atoms with van der Waals surface area (Å²) in [5.41, 5.74) is 0.214. The Bertz CT molecular complexity index is 1430. The minimum Gasteiger partial charge on any atom is -0.292 e. The molecular formula is C23H9Br4Cl3N2O4. The summed E-state index contributed by atoms with van der Waals surface area (Å²) in [5.74, 6) is -2.98. The number of fused-ring (bicyclic) bond motifs is 1. The number of hydrogen-bond donors (Lipinski definition) is 0. The Kier molecular flexibility index (Phi) is 8.36. The molecular weight excluding hydrogens is 794 g/mol. The van der Waals surface area contributed by atoms with E-state index in [9.17, 15) is 19.2 Å². The summed E-state index contributed by atoms with van der Waals surface area (Å²) in [6.07, 6.45) is 0. The summed E-state index contributed by atoms with van der Waals surface area (Å²) in [4.78, 5) is 53.9. The fourth-order valence-electron chi connectivity index (χ4n) is 3.47. The SMILES string of the molecule is O=C(CN(C(=O)c1ccc(Cl)cc1)N1C(=O)c2c(Br)c(Br)c(Br)c(Br)c2C1=O)c1ccc(Cl)cc1Cl. The van der Waals surface area contributed by atoms with Crippen LogP contribution < -0.4 is 0 Å². The lowest BCUT2D eigenvalue weighted by Crippen LogP contribution is -2.51. The molecule has 1 aliphatic heterocycles. The molecule has 0 atom stereocenters. The molecule has 0 aliphatic carbocycles. The summed E-state index contributed by atoms with van der Waals surface area (Å²) in [5, 5.41) is 2.20. The summed E-state index contributed by atoms with van der Waals surface area (Å²) in [6, 6.07) is 10.1. The first-order valence-corrected chi connectivity index (χ1v) is 14.0. The molecule has 4 rings (SSSR count). The summed E-state index contributed by atoms with van der Waals surface area (Å²) >= 11 is 31.5. The molecule has 184 valence electrons. The molecule has 0 fully saturated rings. The number of Topliss-reactive ketones (excluding diaryl/α,β-unsaturated/α-hetero) is 1. The van der Waals surface area contributed by atoms with Crippen molar-refractivity contribution in [1.82, 2.24) is 10.0 Å². The van der Waals surface area contributed by atoms with Crippen molar-refractivity contribution in [3.8, 4) is 0 Å². The number of benzene rings is 3. The Morgan fingerprint density at radius 3 is 1.75 bits per heavy atom. The van der Waals surface area contributed by atoms with Crippen molar-refractivity contribution in [1.29, 1.82) is 0 Å². The molecule has 36 heavy (non-hydrogen) atoms. The van der Waals surface area contributed by atoms with E-state index in [0.29, 0.717) is 32.9 Å². The average Bonchev–Trinajstić information content (AvgIpc) is 3.09. The Hall–Kier alpha value is -1.27. The highest BCUT2D eigenvalue weighted by Gasteiger charge is 2.46. The number of ketones is 1. The highest BCUT2D eigenvalue weighted by molar-refractivity contribution is 9.15. The molecule has 0 bridgehead atoms. The van der Waals surface area contributed by atoms with E-state index in [-0.39, 0.29) is 27.3 Å². The molecule has 0 saturated heterocycles. The number of nitrogens with zero attached hydrogens (tertiary/aromatic N) is 2. The Morgan fingerprint density at radius 2 is 1.25 bits per heavy atom. The number of halogens is 7. The molecule has 3 amide bonds. The van der Waals surface area contributed by atoms with E-state index >= 15 is 0 Å². The third-order valence-corrected chi connectivity index (χ3v) is 10.7. The Labute approximate surface area is 253 Å². The zero-order valence-corrected chi connectivity index (χ0v) is 26.0. The predicted octanol–water partition coefficient (Wildman–Crippen LogP) is 8.23. The number of carbonyl (C=O) groups excluding carboxylic acids is 4. The second kappa shape index (κ2) is 10.8. The van der Waals surface area contributed by atoms with Gasteiger partial charge in [0.1, 0.15) is 6.54 Å². The number of carbonyl (C=O) groups is 4.